The summed E-state index contributed by atoms with van der Waals surface area (Å²) in [7, 11) is 0. The van der Waals surface area contributed by atoms with E-state index in [2.05, 4.69) is 24.3 Å². The summed E-state index contributed by atoms with van der Waals surface area (Å²) in [5.74, 6) is 0.463. The average Bonchev–Trinajstić information content (AvgIpc) is 3.60. The highest BCUT2D eigenvalue weighted by Crippen LogP contribution is 2.38. The van der Waals surface area contributed by atoms with Gasteiger partial charge in [-0.15, -0.1) is 0 Å². The van der Waals surface area contributed by atoms with Crippen LogP contribution in [-0.4, -0.2) is 34.7 Å². The first-order valence-corrected chi connectivity index (χ1v) is 16.1. The highest BCUT2D eigenvalue weighted by molar-refractivity contribution is 5.93. The van der Waals surface area contributed by atoms with Gasteiger partial charge in [-0.3, -0.25) is 9.98 Å². The predicted octanol–water partition coefficient (Wildman–Crippen LogP) is 10.2. The van der Waals surface area contributed by atoms with Crippen molar-refractivity contribution in [2.75, 3.05) is 0 Å². The Hall–Kier alpha value is -5.74. The molecule has 1 aliphatic carbocycles. The molecule has 7 rings (SSSR count). The van der Waals surface area contributed by atoms with Gasteiger partial charge < -0.3 is 10.2 Å². The maximum Gasteiger partial charge on any atom is 0.132 e. The summed E-state index contributed by atoms with van der Waals surface area (Å²) in [6.45, 7) is 0. The van der Waals surface area contributed by atoms with Crippen LogP contribution in [0.3, 0.4) is 0 Å². The van der Waals surface area contributed by atoms with Crippen molar-refractivity contribution in [3.63, 3.8) is 0 Å². The number of phenols is 2. The number of nitrogens with zero attached hydrogens (tertiary/aromatic N) is 2. The van der Waals surface area contributed by atoms with Gasteiger partial charge in [-0.05, 0) is 76.9 Å². The maximum atomic E-state index is 11.3. The monoisotopic (exact) mass is 612 g/mol. The molecular weight excluding hydrogens is 576 g/mol. The van der Waals surface area contributed by atoms with Gasteiger partial charge in [0.15, 0.2) is 0 Å². The molecule has 0 spiro atoms. The molecule has 0 radical (unpaired) electrons. The minimum Gasteiger partial charge on any atom is -0.507 e. The summed E-state index contributed by atoms with van der Waals surface area (Å²) < 4.78 is 0. The van der Waals surface area contributed by atoms with E-state index in [1.54, 1.807) is 0 Å². The van der Waals surface area contributed by atoms with Gasteiger partial charge in [0.1, 0.15) is 11.5 Å². The molecule has 2 atom stereocenters. The molecule has 2 N–H and O–H groups in total. The van der Waals surface area contributed by atoms with Crippen LogP contribution < -0.4 is 0 Å². The zero-order valence-electron chi connectivity index (χ0n) is 26.1. The van der Waals surface area contributed by atoms with Crippen molar-refractivity contribution in [3.8, 4) is 56.0 Å². The average molecular weight is 613 g/mol. The highest BCUT2D eigenvalue weighted by Gasteiger charge is 2.23. The lowest BCUT2D eigenvalue weighted by Gasteiger charge is -2.13. The van der Waals surface area contributed by atoms with Crippen LogP contribution in [0.1, 0.15) is 30.4 Å². The molecule has 1 saturated carbocycles. The second-order valence-corrected chi connectivity index (χ2v) is 12.1. The fraction of sp³-hybridized carbons (Fsp3) is 0.116. The summed E-state index contributed by atoms with van der Waals surface area (Å²) in [5.41, 5.74) is 9.14. The van der Waals surface area contributed by atoms with E-state index < -0.39 is 0 Å². The Kier molecular flexibility index (Phi) is 8.74. The van der Waals surface area contributed by atoms with E-state index in [0.29, 0.717) is 11.1 Å². The van der Waals surface area contributed by atoms with E-state index in [9.17, 15) is 10.2 Å². The smallest absolute Gasteiger partial charge is 0.132 e. The van der Waals surface area contributed by atoms with Gasteiger partial charge in [0.25, 0.3) is 0 Å². The van der Waals surface area contributed by atoms with Crippen molar-refractivity contribution in [2.24, 2.45) is 9.98 Å². The van der Waals surface area contributed by atoms with Gasteiger partial charge in [0, 0.05) is 34.7 Å². The molecule has 2 unspecified atom stereocenters. The van der Waals surface area contributed by atoms with Gasteiger partial charge in [0.05, 0.1) is 12.1 Å². The van der Waals surface area contributed by atoms with E-state index in [-0.39, 0.29) is 23.6 Å². The molecule has 6 aromatic carbocycles. The predicted molar refractivity (Wildman–Crippen MR) is 195 cm³/mol. The van der Waals surface area contributed by atoms with Crippen molar-refractivity contribution in [1.82, 2.24) is 0 Å². The summed E-state index contributed by atoms with van der Waals surface area (Å²) in [6, 6.07) is 48.7. The molecule has 1 fully saturated rings. The first-order chi connectivity index (χ1) is 23.1. The second-order valence-electron chi connectivity index (χ2n) is 12.1. The molecule has 0 saturated heterocycles. The van der Waals surface area contributed by atoms with Crippen LogP contribution in [0, 0.1) is 0 Å². The standard InChI is InChI=1S/C43H36N2O2/c46-42-36(23-34(30-13-5-1-6-14-30)25-40(42)32-17-9-3-10-18-32)28-44-38-21-22-39(27-38)45-29-37-24-35(31-15-7-2-8-16-31)26-41(43(37)47)33-19-11-4-12-20-33/h1-20,23-26,28-29,38-39,46-47H,21-22,27H2. The molecule has 0 aromatic heterocycles. The summed E-state index contributed by atoms with van der Waals surface area (Å²) in [4.78, 5) is 9.89. The van der Waals surface area contributed by atoms with Crippen molar-refractivity contribution in [3.05, 3.63) is 157 Å². The SMILES string of the molecule is Oc1c(C=NC2CCC(N=Cc3cc(-c4ccccc4)cc(-c4ccccc4)c3O)C2)cc(-c2ccccc2)cc1-c1ccccc1. The second kappa shape index (κ2) is 13.7. The molecule has 4 nitrogen and oxygen atoms in total. The Labute approximate surface area is 276 Å². The maximum absolute atomic E-state index is 11.3. The molecule has 230 valence electrons. The van der Waals surface area contributed by atoms with E-state index in [1.165, 1.54) is 0 Å². The van der Waals surface area contributed by atoms with Gasteiger partial charge >= 0.3 is 0 Å². The first-order valence-electron chi connectivity index (χ1n) is 16.1. The van der Waals surface area contributed by atoms with E-state index >= 15 is 0 Å². The Morgan fingerprint density at radius 3 is 1.13 bits per heavy atom. The topological polar surface area (TPSA) is 65.2 Å². The summed E-state index contributed by atoms with van der Waals surface area (Å²) >= 11 is 0. The van der Waals surface area contributed by atoms with Crippen LogP contribution in [0.15, 0.2) is 156 Å². The van der Waals surface area contributed by atoms with Gasteiger partial charge in [-0.1, -0.05) is 121 Å². The first kappa shape index (κ1) is 29.9. The van der Waals surface area contributed by atoms with Crippen LogP contribution in [0.4, 0.5) is 0 Å². The van der Waals surface area contributed by atoms with Crippen molar-refractivity contribution >= 4 is 12.4 Å². The normalized spacial score (nSPS) is 16.3. The number of aromatic hydroxyl groups is 2. The van der Waals surface area contributed by atoms with Crippen LogP contribution in [0.25, 0.3) is 44.5 Å². The minimum absolute atomic E-state index is 0.0984. The quantitative estimate of drug-likeness (QED) is 0.168. The fourth-order valence-corrected chi connectivity index (χ4v) is 6.36. The Morgan fingerprint density at radius 2 is 0.766 bits per heavy atom. The van der Waals surface area contributed by atoms with Crippen molar-refractivity contribution < 1.29 is 10.2 Å². The molecule has 0 aliphatic heterocycles. The molecule has 6 aromatic rings. The summed E-state index contributed by atoms with van der Waals surface area (Å²) in [6.07, 6.45) is 6.28. The minimum atomic E-state index is 0.0984. The number of benzene rings is 6. The van der Waals surface area contributed by atoms with Crippen LogP contribution >= 0.6 is 0 Å². The Balaban J connectivity index is 1.14. The number of aliphatic imine (C=N–C) groups is 2. The highest BCUT2D eigenvalue weighted by atomic mass is 16.3. The molecule has 1 aliphatic rings. The number of rotatable bonds is 8. The van der Waals surface area contributed by atoms with E-state index in [1.807, 2.05) is 134 Å². The van der Waals surface area contributed by atoms with Crippen LogP contribution in [-0.2, 0) is 0 Å². The van der Waals surface area contributed by atoms with Crippen molar-refractivity contribution in [1.29, 1.82) is 0 Å². The third-order valence-electron chi connectivity index (χ3n) is 8.89. The summed E-state index contributed by atoms with van der Waals surface area (Å²) in [5, 5.41) is 22.7. The van der Waals surface area contributed by atoms with Crippen LogP contribution in [0.5, 0.6) is 11.5 Å². The molecule has 0 amide bonds. The van der Waals surface area contributed by atoms with Crippen LogP contribution in [0.2, 0.25) is 0 Å². The van der Waals surface area contributed by atoms with Gasteiger partial charge in [-0.2, -0.15) is 0 Å². The molecule has 47 heavy (non-hydrogen) atoms. The lowest BCUT2D eigenvalue weighted by Crippen LogP contribution is -2.03. The number of phenolic OH excluding ortho intramolecular Hbond substituents is 2. The molecule has 0 heterocycles. The lowest BCUT2D eigenvalue weighted by atomic mass is 9.95. The van der Waals surface area contributed by atoms with Gasteiger partial charge in [0.2, 0.25) is 0 Å². The molecular formula is C43H36N2O2. The third kappa shape index (κ3) is 6.78. The Morgan fingerprint density at radius 1 is 0.426 bits per heavy atom. The lowest BCUT2D eigenvalue weighted by molar-refractivity contribution is 0.476. The molecule has 4 heteroatoms. The largest absolute Gasteiger partial charge is 0.507 e. The van der Waals surface area contributed by atoms with E-state index in [4.69, 9.17) is 9.98 Å². The third-order valence-corrected chi connectivity index (χ3v) is 8.89. The Bertz CT molecular complexity index is 1870. The zero-order valence-corrected chi connectivity index (χ0v) is 26.1. The number of hydrogen-bond acceptors (Lipinski definition) is 4. The molecule has 0 bridgehead atoms. The number of hydrogen-bond donors (Lipinski definition) is 2. The van der Waals surface area contributed by atoms with Gasteiger partial charge in [-0.25, -0.2) is 0 Å². The zero-order chi connectivity index (χ0) is 32.0. The van der Waals surface area contributed by atoms with E-state index in [0.717, 1.165) is 63.8 Å². The fourth-order valence-electron chi connectivity index (χ4n) is 6.36. The van der Waals surface area contributed by atoms with Crippen molar-refractivity contribution in [2.45, 2.75) is 31.3 Å².